The Morgan fingerprint density at radius 3 is 2.56 bits per heavy atom. The highest BCUT2D eigenvalue weighted by Crippen LogP contribution is 2.22. The molecule has 3 rings (SSSR count). The van der Waals surface area contributed by atoms with Gasteiger partial charge in [-0.15, -0.1) is 23.4 Å². The number of alkyl halides is 3. The van der Waals surface area contributed by atoms with Crippen LogP contribution in [-0.2, 0) is 6.54 Å². The van der Waals surface area contributed by atoms with Crippen molar-refractivity contribution in [1.29, 1.82) is 0 Å². The Labute approximate surface area is 138 Å². The van der Waals surface area contributed by atoms with Gasteiger partial charge in [-0.3, -0.25) is 4.79 Å². The van der Waals surface area contributed by atoms with E-state index in [-0.39, 0.29) is 24.1 Å². The van der Waals surface area contributed by atoms with Crippen LogP contribution in [0.2, 0.25) is 0 Å². The number of hydrogen-bond acceptors (Lipinski definition) is 6. The van der Waals surface area contributed by atoms with Crippen LogP contribution in [0.3, 0.4) is 0 Å². The highest BCUT2D eigenvalue weighted by Gasteiger charge is 2.30. The largest absolute Gasteiger partial charge is 0.573 e. The molecule has 0 radical (unpaired) electrons. The minimum absolute atomic E-state index is 0.0591. The number of hydrogen-bond donors (Lipinski definition) is 1. The van der Waals surface area contributed by atoms with E-state index in [0.717, 1.165) is 12.1 Å². The molecule has 0 saturated heterocycles. The Bertz CT molecular complexity index is 842. The van der Waals surface area contributed by atoms with E-state index in [4.69, 9.17) is 8.83 Å². The summed E-state index contributed by atoms with van der Waals surface area (Å²) in [7, 11) is 0. The van der Waals surface area contributed by atoms with Crippen LogP contribution in [0.4, 0.5) is 13.2 Å². The smallest absolute Gasteiger partial charge is 0.459 e. The first-order valence-electron chi connectivity index (χ1n) is 6.91. The third-order valence-corrected chi connectivity index (χ3v) is 2.96. The van der Waals surface area contributed by atoms with Gasteiger partial charge in [-0.2, -0.15) is 0 Å². The van der Waals surface area contributed by atoms with Crippen molar-refractivity contribution in [2.75, 3.05) is 0 Å². The number of aromatic nitrogens is 2. The van der Waals surface area contributed by atoms with E-state index in [1.54, 1.807) is 12.1 Å². The van der Waals surface area contributed by atoms with Crippen LogP contribution in [0.5, 0.6) is 5.75 Å². The molecule has 0 aliphatic rings. The third kappa shape index (κ3) is 4.37. The summed E-state index contributed by atoms with van der Waals surface area (Å²) in [6.07, 6.45) is -3.33. The molecule has 0 saturated carbocycles. The average Bonchev–Trinajstić information content (AvgIpc) is 3.23. The van der Waals surface area contributed by atoms with Gasteiger partial charge in [-0.05, 0) is 29.8 Å². The second-order valence-corrected chi connectivity index (χ2v) is 4.76. The van der Waals surface area contributed by atoms with Gasteiger partial charge in [0.25, 0.3) is 5.89 Å². The van der Waals surface area contributed by atoms with Crippen LogP contribution in [-0.4, -0.2) is 22.5 Å². The van der Waals surface area contributed by atoms with Gasteiger partial charge in [0.2, 0.25) is 0 Å². The van der Waals surface area contributed by atoms with Crippen molar-refractivity contribution >= 4 is 5.91 Å². The fraction of sp³-hybridized carbons (Fsp3) is 0.133. The van der Waals surface area contributed by atoms with Gasteiger partial charge >= 0.3 is 18.2 Å². The minimum atomic E-state index is -4.75. The Morgan fingerprint density at radius 2 is 1.92 bits per heavy atom. The van der Waals surface area contributed by atoms with Crippen LogP contribution in [0, 0.1) is 0 Å². The lowest BCUT2D eigenvalue weighted by atomic mass is 10.2. The van der Waals surface area contributed by atoms with Crippen molar-refractivity contribution in [3.05, 3.63) is 54.1 Å². The number of ether oxygens (including phenoxy) is 1. The molecule has 10 heteroatoms. The molecule has 1 amide bonds. The first-order chi connectivity index (χ1) is 11.9. The van der Waals surface area contributed by atoms with E-state index < -0.39 is 12.3 Å². The van der Waals surface area contributed by atoms with Crippen LogP contribution in [0.15, 0.2) is 51.5 Å². The van der Waals surface area contributed by atoms with Crippen molar-refractivity contribution in [2.45, 2.75) is 12.9 Å². The fourth-order valence-electron chi connectivity index (χ4n) is 1.88. The number of carbonyl (C=O) groups excluding carboxylic acids is 1. The van der Waals surface area contributed by atoms with Gasteiger partial charge in [-0.25, -0.2) is 0 Å². The molecule has 0 bridgehead atoms. The maximum Gasteiger partial charge on any atom is 0.573 e. The fourth-order valence-corrected chi connectivity index (χ4v) is 1.88. The molecule has 1 aromatic carbocycles. The number of halogens is 3. The number of rotatable bonds is 5. The van der Waals surface area contributed by atoms with Crippen LogP contribution in [0.25, 0.3) is 11.7 Å². The summed E-state index contributed by atoms with van der Waals surface area (Å²) < 4.78 is 50.2. The van der Waals surface area contributed by atoms with Crippen LogP contribution >= 0.6 is 0 Å². The lowest BCUT2D eigenvalue weighted by Gasteiger charge is -2.09. The Hall–Kier alpha value is -3.30. The van der Waals surface area contributed by atoms with Crippen molar-refractivity contribution in [3.63, 3.8) is 0 Å². The highest BCUT2D eigenvalue weighted by atomic mass is 19.4. The number of furan rings is 1. The lowest BCUT2D eigenvalue weighted by molar-refractivity contribution is -0.274. The van der Waals surface area contributed by atoms with Gasteiger partial charge in [0.15, 0.2) is 5.76 Å². The van der Waals surface area contributed by atoms with Gasteiger partial charge in [-0.1, -0.05) is 12.1 Å². The molecule has 0 atom stereocenters. The van der Waals surface area contributed by atoms with Gasteiger partial charge in [0.05, 0.1) is 6.26 Å². The zero-order chi connectivity index (χ0) is 17.9. The standard InChI is InChI=1S/C15H10F3N3O4/c16-15(17,18)25-10-5-3-9(4-6-10)8-19-12(22)14-21-20-13(24-14)11-2-1-7-23-11/h1-7H,8H2,(H,19,22). The number of nitrogens with one attached hydrogen (secondary N) is 1. The Balaban J connectivity index is 1.57. The molecule has 0 spiro atoms. The van der Waals surface area contributed by atoms with Crippen molar-refractivity contribution in [3.8, 4) is 17.4 Å². The minimum Gasteiger partial charge on any atom is -0.459 e. The predicted octanol–water partition coefficient (Wildman–Crippen LogP) is 3.16. The van der Waals surface area contributed by atoms with E-state index in [9.17, 15) is 18.0 Å². The van der Waals surface area contributed by atoms with Crippen LogP contribution in [0.1, 0.15) is 16.2 Å². The molecule has 130 valence electrons. The zero-order valence-electron chi connectivity index (χ0n) is 12.4. The van der Waals surface area contributed by atoms with Gasteiger partial charge < -0.3 is 18.9 Å². The summed E-state index contributed by atoms with van der Waals surface area (Å²) in [5, 5.41) is 9.80. The molecule has 0 unspecified atom stereocenters. The molecular formula is C15H10F3N3O4. The van der Waals surface area contributed by atoms with Crippen molar-refractivity contribution in [2.24, 2.45) is 0 Å². The summed E-state index contributed by atoms with van der Waals surface area (Å²) in [6.45, 7) is 0.0591. The summed E-state index contributed by atoms with van der Waals surface area (Å²) in [4.78, 5) is 11.9. The van der Waals surface area contributed by atoms with Gasteiger partial charge in [0, 0.05) is 6.54 Å². The summed E-state index contributed by atoms with van der Waals surface area (Å²) in [5.74, 6) is -0.845. The molecule has 0 aliphatic carbocycles. The molecule has 2 heterocycles. The quantitative estimate of drug-likeness (QED) is 0.758. The maximum absolute atomic E-state index is 12.1. The number of amides is 1. The number of nitrogens with zero attached hydrogens (tertiary/aromatic N) is 2. The summed E-state index contributed by atoms with van der Waals surface area (Å²) >= 11 is 0. The molecule has 7 nitrogen and oxygen atoms in total. The van der Waals surface area contributed by atoms with Gasteiger partial charge in [0.1, 0.15) is 5.75 Å². The highest BCUT2D eigenvalue weighted by molar-refractivity contribution is 5.89. The predicted molar refractivity (Wildman–Crippen MR) is 76.3 cm³/mol. The second kappa shape index (κ2) is 6.67. The van der Waals surface area contributed by atoms with E-state index in [1.165, 1.54) is 18.4 Å². The topological polar surface area (TPSA) is 90.4 Å². The first kappa shape index (κ1) is 16.6. The monoisotopic (exact) mass is 353 g/mol. The SMILES string of the molecule is O=C(NCc1ccc(OC(F)(F)F)cc1)c1nnc(-c2ccco2)o1. The van der Waals surface area contributed by atoms with E-state index in [1.807, 2.05) is 0 Å². The third-order valence-electron chi connectivity index (χ3n) is 2.96. The first-order valence-corrected chi connectivity index (χ1v) is 6.91. The molecule has 2 aromatic heterocycles. The van der Waals surface area contributed by atoms with E-state index in [0.29, 0.717) is 11.3 Å². The summed E-state index contributed by atoms with van der Waals surface area (Å²) in [6, 6.07) is 8.31. The molecular weight excluding hydrogens is 343 g/mol. The molecule has 0 aliphatic heterocycles. The van der Waals surface area contributed by atoms with E-state index >= 15 is 0 Å². The second-order valence-electron chi connectivity index (χ2n) is 4.76. The molecule has 25 heavy (non-hydrogen) atoms. The van der Waals surface area contributed by atoms with E-state index in [2.05, 4.69) is 20.3 Å². The molecule has 0 fully saturated rings. The maximum atomic E-state index is 12.1. The lowest BCUT2D eigenvalue weighted by Crippen LogP contribution is -2.23. The van der Waals surface area contributed by atoms with Crippen molar-refractivity contribution in [1.82, 2.24) is 15.5 Å². The summed E-state index contributed by atoms with van der Waals surface area (Å²) in [5.41, 5.74) is 0.564. The Morgan fingerprint density at radius 1 is 1.16 bits per heavy atom. The number of carbonyl (C=O) groups is 1. The Kier molecular flexibility index (Phi) is 4.42. The van der Waals surface area contributed by atoms with Crippen molar-refractivity contribution < 1.29 is 31.5 Å². The normalized spacial score (nSPS) is 11.3. The number of benzene rings is 1. The van der Waals surface area contributed by atoms with Crippen LogP contribution < -0.4 is 10.1 Å². The molecule has 1 N–H and O–H groups in total. The zero-order valence-corrected chi connectivity index (χ0v) is 12.4. The molecule has 3 aromatic rings. The average molecular weight is 353 g/mol.